The van der Waals surface area contributed by atoms with Gasteiger partial charge in [0.25, 0.3) is 0 Å². The number of methoxy groups -OCH3 is 1. The van der Waals surface area contributed by atoms with E-state index in [2.05, 4.69) is 15.4 Å². The van der Waals surface area contributed by atoms with Crippen LogP contribution < -0.4 is 0 Å². The number of nitrogens with zero attached hydrogens (tertiary/aromatic N) is 5. The van der Waals surface area contributed by atoms with Crippen molar-refractivity contribution in [2.75, 3.05) is 13.7 Å². The Morgan fingerprint density at radius 2 is 2.25 bits per heavy atom. The molecular formula is C12H17N5O3. The van der Waals surface area contributed by atoms with Gasteiger partial charge in [-0.1, -0.05) is 5.21 Å². The van der Waals surface area contributed by atoms with Gasteiger partial charge in [-0.3, -0.25) is 4.68 Å². The van der Waals surface area contributed by atoms with E-state index in [1.165, 1.54) is 7.11 Å². The molecule has 2 aromatic heterocycles. The summed E-state index contributed by atoms with van der Waals surface area (Å²) in [4.78, 5) is 11.8. The van der Waals surface area contributed by atoms with Gasteiger partial charge in [0.2, 0.25) is 0 Å². The third-order valence-corrected chi connectivity index (χ3v) is 2.87. The predicted octanol–water partition coefficient (Wildman–Crippen LogP) is 0.238. The van der Waals surface area contributed by atoms with Crippen LogP contribution in [0.15, 0.2) is 12.4 Å². The minimum Gasteiger partial charge on any atom is -0.464 e. The Balaban J connectivity index is 2.37. The predicted molar refractivity (Wildman–Crippen MR) is 69.9 cm³/mol. The molecule has 0 unspecified atom stereocenters. The maximum Gasteiger partial charge on any atom is 0.360 e. The lowest BCUT2D eigenvalue weighted by Gasteiger charge is -2.05. The van der Waals surface area contributed by atoms with Crippen molar-refractivity contribution in [3.8, 4) is 11.3 Å². The van der Waals surface area contributed by atoms with E-state index in [9.17, 15) is 4.79 Å². The van der Waals surface area contributed by atoms with Gasteiger partial charge in [-0.25, -0.2) is 9.48 Å². The summed E-state index contributed by atoms with van der Waals surface area (Å²) in [5, 5.41) is 20.8. The molecule has 0 bridgehead atoms. The Hall–Kier alpha value is -2.22. The number of unbranched alkanes of at least 4 members (excludes halogenated alkanes) is 1. The van der Waals surface area contributed by atoms with Crippen LogP contribution in [-0.4, -0.2) is 49.6 Å². The zero-order valence-corrected chi connectivity index (χ0v) is 11.5. The van der Waals surface area contributed by atoms with Crippen LogP contribution in [-0.2, 0) is 18.3 Å². The number of carbonyl (C=O) groups is 1. The van der Waals surface area contributed by atoms with Gasteiger partial charge in [-0.2, -0.15) is 5.10 Å². The van der Waals surface area contributed by atoms with Crippen molar-refractivity contribution in [2.45, 2.75) is 19.4 Å². The molecule has 0 fully saturated rings. The molecule has 0 aliphatic rings. The fourth-order valence-corrected chi connectivity index (χ4v) is 1.91. The number of aliphatic hydroxyl groups excluding tert-OH is 1. The molecule has 0 amide bonds. The van der Waals surface area contributed by atoms with E-state index >= 15 is 0 Å². The molecule has 0 saturated heterocycles. The first-order valence-electron chi connectivity index (χ1n) is 6.29. The van der Waals surface area contributed by atoms with Crippen LogP contribution in [0.4, 0.5) is 0 Å². The molecule has 0 spiro atoms. The summed E-state index contributed by atoms with van der Waals surface area (Å²) in [5.41, 5.74) is 1.51. The second kappa shape index (κ2) is 6.29. The zero-order chi connectivity index (χ0) is 14.5. The highest BCUT2D eigenvalue weighted by atomic mass is 16.5. The third kappa shape index (κ3) is 2.85. The molecule has 2 aromatic rings. The number of rotatable bonds is 6. The molecule has 0 radical (unpaired) electrons. The minimum atomic E-state index is -0.530. The summed E-state index contributed by atoms with van der Waals surface area (Å²) in [6, 6.07) is 0. The maximum absolute atomic E-state index is 11.8. The van der Waals surface area contributed by atoms with Crippen LogP contribution in [0.25, 0.3) is 11.3 Å². The normalized spacial score (nSPS) is 10.8. The van der Waals surface area contributed by atoms with E-state index in [-0.39, 0.29) is 12.3 Å². The van der Waals surface area contributed by atoms with E-state index in [0.29, 0.717) is 18.7 Å². The highest BCUT2D eigenvalue weighted by Crippen LogP contribution is 2.22. The first-order chi connectivity index (χ1) is 9.67. The van der Waals surface area contributed by atoms with Gasteiger partial charge in [0.15, 0.2) is 5.69 Å². The number of aryl methyl sites for hydroxylation is 2. The van der Waals surface area contributed by atoms with Gasteiger partial charge < -0.3 is 9.84 Å². The molecule has 8 nitrogen and oxygen atoms in total. The second-order valence-electron chi connectivity index (χ2n) is 4.33. The average molecular weight is 279 g/mol. The fourth-order valence-electron chi connectivity index (χ4n) is 1.91. The van der Waals surface area contributed by atoms with Crippen LogP contribution in [0.5, 0.6) is 0 Å². The second-order valence-corrected chi connectivity index (χ2v) is 4.33. The van der Waals surface area contributed by atoms with Crippen LogP contribution >= 0.6 is 0 Å². The largest absolute Gasteiger partial charge is 0.464 e. The van der Waals surface area contributed by atoms with Crippen molar-refractivity contribution >= 4 is 5.97 Å². The van der Waals surface area contributed by atoms with Crippen molar-refractivity contribution in [3.05, 3.63) is 18.1 Å². The summed E-state index contributed by atoms with van der Waals surface area (Å²) in [6.45, 7) is 0.690. The number of carbonyl (C=O) groups excluding carboxylic acids is 1. The van der Waals surface area contributed by atoms with E-state index in [4.69, 9.17) is 9.84 Å². The van der Waals surface area contributed by atoms with Gasteiger partial charge in [0.05, 0.1) is 13.3 Å². The quantitative estimate of drug-likeness (QED) is 0.601. The van der Waals surface area contributed by atoms with Crippen molar-refractivity contribution in [1.82, 2.24) is 24.8 Å². The Morgan fingerprint density at radius 3 is 2.85 bits per heavy atom. The maximum atomic E-state index is 11.8. The van der Waals surface area contributed by atoms with Crippen LogP contribution in [0.3, 0.4) is 0 Å². The number of ether oxygens (including phenoxy) is 1. The van der Waals surface area contributed by atoms with Crippen LogP contribution in [0, 0.1) is 0 Å². The van der Waals surface area contributed by atoms with Crippen molar-refractivity contribution < 1.29 is 14.6 Å². The Bertz CT molecular complexity index is 590. The van der Waals surface area contributed by atoms with Gasteiger partial charge in [0.1, 0.15) is 5.69 Å². The first-order valence-corrected chi connectivity index (χ1v) is 6.29. The van der Waals surface area contributed by atoms with Gasteiger partial charge in [-0.05, 0) is 12.8 Å². The monoisotopic (exact) mass is 279 g/mol. The molecule has 0 aromatic carbocycles. The zero-order valence-electron chi connectivity index (χ0n) is 11.5. The van der Waals surface area contributed by atoms with Crippen molar-refractivity contribution in [3.63, 3.8) is 0 Å². The molecule has 0 saturated carbocycles. The molecule has 0 atom stereocenters. The van der Waals surface area contributed by atoms with E-state index in [1.807, 2.05) is 0 Å². The summed E-state index contributed by atoms with van der Waals surface area (Å²) in [6.07, 6.45) is 4.84. The Morgan fingerprint density at radius 1 is 1.45 bits per heavy atom. The number of hydrogen-bond donors (Lipinski definition) is 1. The summed E-state index contributed by atoms with van der Waals surface area (Å²) < 4.78 is 8.00. The Labute approximate surface area is 116 Å². The van der Waals surface area contributed by atoms with Gasteiger partial charge in [-0.15, -0.1) is 5.10 Å². The van der Waals surface area contributed by atoms with Gasteiger partial charge in [0, 0.05) is 32.0 Å². The number of aromatic nitrogens is 5. The molecule has 20 heavy (non-hydrogen) atoms. The third-order valence-electron chi connectivity index (χ3n) is 2.87. The molecule has 0 aliphatic heterocycles. The molecule has 2 rings (SSSR count). The first kappa shape index (κ1) is 14.2. The number of hydrogen-bond acceptors (Lipinski definition) is 6. The summed E-state index contributed by atoms with van der Waals surface area (Å²) in [7, 11) is 3.10. The smallest absolute Gasteiger partial charge is 0.360 e. The van der Waals surface area contributed by atoms with E-state index < -0.39 is 5.97 Å². The lowest BCUT2D eigenvalue weighted by atomic mass is 10.2. The fraction of sp³-hybridized carbons (Fsp3) is 0.500. The van der Waals surface area contributed by atoms with E-state index in [0.717, 1.165) is 12.0 Å². The molecule has 0 aliphatic carbocycles. The SMILES string of the molecule is COC(=O)c1nnn(CCCCO)c1-c1cnn(C)c1. The topological polar surface area (TPSA) is 95.1 Å². The number of aliphatic hydroxyl groups is 1. The molecule has 2 heterocycles. The van der Waals surface area contributed by atoms with E-state index in [1.54, 1.807) is 28.8 Å². The highest BCUT2D eigenvalue weighted by Gasteiger charge is 2.22. The summed E-state index contributed by atoms with van der Waals surface area (Å²) >= 11 is 0. The molecule has 8 heteroatoms. The van der Waals surface area contributed by atoms with Crippen molar-refractivity contribution in [1.29, 1.82) is 0 Å². The Kier molecular flexibility index (Phi) is 4.46. The lowest BCUT2D eigenvalue weighted by Crippen LogP contribution is -2.07. The molecule has 108 valence electrons. The van der Waals surface area contributed by atoms with Crippen molar-refractivity contribution in [2.24, 2.45) is 7.05 Å². The number of esters is 1. The standard InChI is InChI=1S/C12H17N5O3/c1-16-8-9(7-13-16)11-10(12(19)20-2)14-15-17(11)5-3-4-6-18/h7-8,18H,3-6H2,1-2H3. The minimum absolute atomic E-state index is 0.126. The lowest BCUT2D eigenvalue weighted by molar-refractivity contribution is 0.0595. The molecule has 1 N–H and O–H groups in total. The molecular weight excluding hydrogens is 262 g/mol. The summed E-state index contributed by atoms with van der Waals surface area (Å²) in [5.74, 6) is -0.530. The average Bonchev–Trinajstić information content (AvgIpc) is 3.04. The highest BCUT2D eigenvalue weighted by molar-refractivity contribution is 5.93. The van der Waals surface area contributed by atoms with Crippen LogP contribution in [0.2, 0.25) is 0 Å². The van der Waals surface area contributed by atoms with Gasteiger partial charge >= 0.3 is 5.97 Å². The van der Waals surface area contributed by atoms with Crippen LogP contribution in [0.1, 0.15) is 23.3 Å².